The van der Waals surface area contributed by atoms with E-state index in [2.05, 4.69) is 0 Å². The first kappa shape index (κ1) is 9.49. The molecule has 0 saturated heterocycles. The second kappa shape index (κ2) is 5.12. The van der Waals surface area contributed by atoms with Crippen molar-refractivity contribution in [3.63, 3.8) is 0 Å². The smallest absolute Gasteiger partial charge is 0.0939 e. The van der Waals surface area contributed by atoms with Gasteiger partial charge in [-0.25, -0.2) is 0 Å². The lowest BCUT2D eigenvalue weighted by Crippen LogP contribution is -2.15. The molecule has 0 aliphatic heterocycles. The molecule has 0 heterocycles. The average Bonchev–Trinajstić information content (AvgIpc) is 2.09. The van der Waals surface area contributed by atoms with Crippen molar-refractivity contribution in [3.05, 3.63) is 24.3 Å². The van der Waals surface area contributed by atoms with Crippen LogP contribution in [-0.4, -0.2) is 25.4 Å². The first-order valence-corrected chi connectivity index (χ1v) is 4.46. The highest BCUT2D eigenvalue weighted by atomic mass is 16.5. The Labute approximate surface area is 73.9 Å². The third-order valence-electron chi connectivity index (χ3n) is 1.70. The molecule has 2 heteroatoms. The molecule has 0 unspecified atom stereocenters. The molecule has 0 spiro atoms. The summed E-state index contributed by atoms with van der Waals surface area (Å²) in [6, 6.07) is 0. The molecule has 0 aromatic carbocycles. The number of hydrogen-bond donors (Lipinski definition) is 0. The van der Waals surface area contributed by atoms with Crippen LogP contribution in [0.5, 0.6) is 0 Å². The highest BCUT2D eigenvalue weighted by Gasteiger charge is 2.07. The third-order valence-corrected chi connectivity index (χ3v) is 1.70. The molecule has 1 aliphatic rings. The first-order valence-electron chi connectivity index (χ1n) is 4.46. The standard InChI is InChI=1S/C10H16O2/c1-3-11-9-5-7-10(8-6-9)12-4-2/h5-10H,3-4H2,1-2H3. The molecule has 0 amide bonds. The molecule has 0 saturated carbocycles. The van der Waals surface area contributed by atoms with Gasteiger partial charge in [0.2, 0.25) is 0 Å². The van der Waals surface area contributed by atoms with Crippen LogP contribution >= 0.6 is 0 Å². The fourth-order valence-corrected chi connectivity index (χ4v) is 1.17. The fraction of sp³-hybridized carbons (Fsp3) is 0.600. The van der Waals surface area contributed by atoms with Crippen molar-refractivity contribution in [2.75, 3.05) is 13.2 Å². The van der Waals surface area contributed by atoms with E-state index in [4.69, 9.17) is 9.47 Å². The molecule has 0 radical (unpaired) electrons. The summed E-state index contributed by atoms with van der Waals surface area (Å²) in [6.45, 7) is 5.49. The van der Waals surface area contributed by atoms with Crippen LogP contribution < -0.4 is 0 Å². The summed E-state index contributed by atoms with van der Waals surface area (Å²) in [5.41, 5.74) is 0. The van der Waals surface area contributed by atoms with Gasteiger partial charge in [-0.15, -0.1) is 0 Å². The highest BCUT2D eigenvalue weighted by Crippen LogP contribution is 2.08. The van der Waals surface area contributed by atoms with Crippen LogP contribution in [0.25, 0.3) is 0 Å². The monoisotopic (exact) mass is 168 g/mol. The van der Waals surface area contributed by atoms with Gasteiger partial charge in [0.15, 0.2) is 0 Å². The second-order valence-corrected chi connectivity index (χ2v) is 2.61. The summed E-state index contributed by atoms with van der Waals surface area (Å²) < 4.78 is 10.8. The Morgan fingerprint density at radius 2 is 1.17 bits per heavy atom. The zero-order valence-electron chi connectivity index (χ0n) is 7.69. The van der Waals surface area contributed by atoms with E-state index >= 15 is 0 Å². The minimum atomic E-state index is 0.145. The predicted molar refractivity (Wildman–Crippen MR) is 49.1 cm³/mol. The van der Waals surface area contributed by atoms with Crippen LogP contribution in [-0.2, 0) is 9.47 Å². The topological polar surface area (TPSA) is 18.5 Å². The predicted octanol–water partition coefficient (Wildman–Crippen LogP) is 1.92. The van der Waals surface area contributed by atoms with Gasteiger partial charge in [-0.1, -0.05) is 24.3 Å². The van der Waals surface area contributed by atoms with Gasteiger partial charge in [0.05, 0.1) is 12.2 Å². The molecule has 12 heavy (non-hydrogen) atoms. The summed E-state index contributed by atoms with van der Waals surface area (Å²) in [6.07, 6.45) is 8.42. The molecular weight excluding hydrogens is 152 g/mol. The minimum Gasteiger partial charge on any atom is -0.370 e. The van der Waals surface area contributed by atoms with Crippen LogP contribution in [0.3, 0.4) is 0 Å². The van der Waals surface area contributed by atoms with E-state index in [0.29, 0.717) is 0 Å². The Hall–Kier alpha value is -0.600. The number of ether oxygens (including phenoxy) is 2. The lowest BCUT2D eigenvalue weighted by molar-refractivity contribution is 0.107. The summed E-state index contributed by atoms with van der Waals surface area (Å²) >= 11 is 0. The van der Waals surface area contributed by atoms with Crippen molar-refractivity contribution in [1.29, 1.82) is 0 Å². The van der Waals surface area contributed by atoms with Crippen LogP contribution in [0, 0.1) is 0 Å². The lowest BCUT2D eigenvalue weighted by atomic mass is 10.1. The Morgan fingerprint density at radius 3 is 1.42 bits per heavy atom. The normalized spacial score (nSPS) is 27.8. The Balaban J connectivity index is 2.32. The Morgan fingerprint density at radius 1 is 0.833 bits per heavy atom. The fourth-order valence-electron chi connectivity index (χ4n) is 1.17. The van der Waals surface area contributed by atoms with E-state index in [-0.39, 0.29) is 12.2 Å². The maximum absolute atomic E-state index is 5.38. The van der Waals surface area contributed by atoms with Gasteiger partial charge in [-0.2, -0.15) is 0 Å². The van der Waals surface area contributed by atoms with Crippen LogP contribution in [0.1, 0.15) is 13.8 Å². The van der Waals surface area contributed by atoms with Crippen molar-refractivity contribution in [2.24, 2.45) is 0 Å². The largest absolute Gasteiger partial charge is 0.370 e. The van der Waals surface area contributed by atoms with E-state index in [1.807, 2.05) is 38.2 Å². The van der Waals surface area contributed by atoms with Gasteiger partial charge >= 0.3 is 0 Å². The average molecular weight is 168 g/mol. The Kier molecular flexibility index (Phi) is 4.05. The number of rotatable bonds is 4. The van der Waals surface area contributed by atoms with Crippen molar-refractivity contribution >= 4 is 0 Å². The second-order valence-electron chi connectivity index (χ2n) is 2.61. The summed E-state index contributed by atoms with van der Waals surface area (Å²) in [7, 11) is 0. The first-order chi connectivity index (χ1) is 5.86. The van der Waals surface area contributed by atoms with Gasteiger partial charge in [0, 0.05) is 13.2 Å². The zero-order chi connectivity index (χ0) is 8.81. The lowest BCUT2D eigenvalue weighted by Gasteiger charge is -2.16. The molecular formula is C10H16O2. The van der Waals surface area contributed by atoms with Crippen molar-refractivity contribution in [1.82, 2.24) is 0 Å². The van der Waals surface area contributed by atoms with E-state index < -0.39 is 0 Å². The Bertz CT molecular complexity index is 141. The maximum atomic E-state index is 5.38. The number of hydrogen-bond acceptors (Lipinski definition) is 2. The van der Waals surface area contributed by atoms with Crippen LogP contribution in [0.15, 0.2) is 24.3 Å². The van der Waals surface area contributed by atoms with E-state index in [0.717, 1.165) is 13.2 Å². The summed E-state index contributed by atoms with van der Waals surface area (Å²) in [4.78, 5) is 0. The van der Waals surface area contributed by atoms with E-state index in [9.17, 15) is 0 Å². The highest BCUT2D eigenvalue weighted by molar-refractivity contribution is 5.16. The quantitative estimate of drug-likeness (QED) is 0.597. The minimum absolute atomic E-state index is 0.145. The van der Waals surface area contributed by atoms with Crippen molar-refractivity contribution in [2.45, 2.75) is 26.1 Å². The maximum Gasteiger partial charge on any atom is 0.0939 e. The molecule has 0 aromatic rings. The van der Waals surface area contributed by atoms with Crippen LogP contribution in [0.4, 0.5) is 0 Å². The molecule has 0 aromatic heterocycles. The van der Waals surface area contributed by atoms with E-state index in [1.165, 1.54) is 0 Å². The van der Waals surface area contributed by atoms with Crippen molar-refractivity contribution in [3.8, 4) is 0 Å². The van der Waals surface area contributed by atoms with Crippen molar-refractivity contribution < 1.29 is 9.47 Å². The van der Waals surface area contributed by atoms with Gasteiger partial charge in [-0.3, -0.25) is 0 Å². The third kappa shape index (κ3) is 2.80. The molecule has 0 atom stereocenters. The van der Waals surface area contributed by atoms with Crippen LogP contribution in [0.2, 0.25) is 0 Å². The summed E-state index contributed by atoms with van der Waals surface area (Å²) in [5.74, 6) is 0. The van der Waals surface area contributed by atoms with Gasteiger partial charge < -0.3 is 9.47 Å². The van der Waals surface area contributed by atoms with Gasteiger partial charge in [0.25, 0.3) is 0 Å². The van der Waals surface area contributed by atoms with Gasteiger partial charge in [0.1, 0.15) is 0 Å². The molecule has 1 aliphatic carbocycles. The van der Waals surface area contributed by atoms with Gasteiger partial charge in [-0.05, 0) is 13.8 Å². The molecule has 1 rings (SSSR count). The van der Waals surface area contributed by atoms with E-state index in [1.54, 1.807) is 0 Å². The zero-order valence-corrected chi connectivity index (χ0v) is 7.69. The SMILES string of the molecule is CCOC1C=CC(OCC)C=C1. The molecule has 68 valence electrons. The summed E-state index contributed by atoms with van der Waals surface area (Å²) in [5, 5.41) is 0. The molecule has 2 nitrogen and oxygen atoms in total. The molecule has 0 fully saturated rings. The molecule has 0 N–H and O–H groups in total. The molecule has 0 bridgehead atoms.